The Hall–Kier alpha value is -0.580. The molecule has 0 bridgehead atoms. The van der Waals surface area contributed by atoms with E-state index in [4.69, 9.17) is 0 Å². The Morgan fingerprint density at radius 1 is 1.14 bits per heavy atom. The van der Waals surface area contributed by atoms with Gasteiger partial charge >= 0.3 is 0 Å². The normalized spacial score (nSPS) is 29.1. The fourth-order valence-corrected chi connectivity index (χ4v) is 5.12. The van der Waals surface area contributed by atoms with Crippen LogP contribution in [0.3, 0.4) is 0 Å². The van der Waals surface area contributed by atoms with Gasteiger partial charge in [-0.3, -0.25) is 9.20 Å². The lowest BCUT2D eigenvalue weighted by Gasteiger charge is -2.31. The van der Waals surface area contributed by atoms with E-state index in [0.29, 0.717) is 11.3 Å². The van der Waals surface area contributed by atoms with Crippen LogP contribution in [0.4, 0.5) is 0 Å². The van der Waals surface area contributed by atoms with E-state index in [2.05, 4.69) is 15.6 Å². The molecule has 0 heterocycles. The highest BCUT2D eigenvalue weighted by Gasteiger charge is 2.26. The molecule has 0 saturated heterocycles. The van der Waals surface area contributed by atoms with Gasteiger partial charge in [-0.05, 0) is 38.0 Å². The van der Waals surface area contributed by atoms with Crippen LogP contribution in [0.1, 0.15) is 64.7 Å². The molecular formula is C17H33N3OS. The molecule has 2 N–H and O–H groups in total. The second-order valence-electron chi connectivity index (χ2n) is 6.76. The molecule has 2 fully saturated rings. The van der Waals surface area contributed by atoms with Crippen molar-refractivity contribution in [2.45, 2.75) is 76.0 Å². The predicted octanol–water partition coefficient (Wildman–Crippen LogP) is 2.81. The highest BCUT2D eigenvalue weighted by molar-refractivity contribution is 7.85. The van der Waals surface area contributed by atoms with Crippen molar-refractivity contribution in [1.82, 2.24) is 10.6 Å². The monoisotopic (exact) mass is 327 g/mol. The lowest BCUT2D eigenvalue weighted by molar-refractivity contribution is 0.353. The van der Waals surface area contributed by atoms with Gasteiger partial charge in [0, 0.05) is 41.4 Å². The molecule has 0 amide bonds. The molecule has 0 aromatic rings. The van der Waals surface area contributed by atoms with Crippen LogP contribution in [0.5, 0.6) is 0 Å². The molecule has 0 spiro atoms. The molecule has 0 aromatic carbocycles. The van der Waals surface area contributed by atoms with Gasteiger partial charge in [0.05, 0.1) is 0 Å². The third-order valence-corrected chi connectivity index (χ3v) is 6.87. The molecule has 4 nitrogen and oxygen atoms in total. The molecule has 2 saturated carbocycles. The van der Waals surface area contributed by atoms with Gasteiger partial charge in [0.15, 0.2) is 5.96 Å². The highest BCUT2D eigenvalue weighted by atomic mass is 32.2. The quantitative estimate of drug-likeness (QED) is 0.603. The SMILES string of the molecule is CCS(=O)C1CCCC(NC(=NC)NCC2CCCCC2)C1. The molecule has 0 aromatic heterocycles. The zero-order valence-corrected chi connectivity index (χ0v) is 15.1. The topological polar surface area (TPSA) is 53.5 Å². The largest absolute Gasteiger partial charge is 0.356 e. The second kappa shape index (κ2) is 9.53. The van der Waals surface area contributed by atoms with Gasteiger partial charge in [0.2, 0.25) is 0 Å². The maximum Gasteiger partial charge on any atom is 0.191 e. The van der Waals surface area contributed by atoms with E-state index in [1.165, 1.54) is 44.9 Å². The molecule has 0 aliphatic heterocycles. The van der Waals surface area contributed by atoms with E-state index in [1.807, 2.05) is 14.0 Å². The van der Waals surface area contributed by atoms with Crippen LogP contribution in [0, 0.1) is 5.92 Å². The van der Waals surface area contributed by atoms with Crippen molar-refractivity contribution >= 4 is 16.8 Å². The Kier molecular flexibility index (Phi) is 7.70. The van der Waals surface area contributed by atoms with E-state index in [-0.39, 0.29) is 0 Å². The first-order valence-corrected chi connectivity index (χ1v) is 10.5. The van der Waals surface area contributed by atoms with Crippen molar-refractivity contribution in [3.8, 4) is 0 Å². The van der Waals surface area contributed by atoms with Crippen molar-refractivity contribution < 1.29 is 4.21 Å². The Morgan fingerprint density at radius 3 is 2.59 bits per heavy atom. The summed E-state index contributed by atoms with van der Waals surface area (Å²) in [5.41, 5.74) is 0. The summed E-state index contributed by atoms with van der Waals surface area (Å²) in [6, 6.07) is 0.423. The van der Waals surface area contributed by atoms with Crippen LogP contribution < -0.4 is 10.6 Å². The number of hydrogen-bond acceptors (Lipinski definition) is 2. The van der Waals surface area contributed by atoms with Crippen molar-refractivity contribution in [2.75, 3.05) is 19.3 Å². The summed E-state index contributed by atoms with van der Waals surface area (Å²) in [5, 5.41) is 7.43. The molecule has 128 valence electrons. The van der Waals surface area contributed by atoms with Gasteiger partial charge < -0.3 is 10.6 Å². The number of rotatable bonds is 5. The summed E-state index contributed by atoms with van der Waals surface area (Å²) < 4.78 is 12.0. The minimum absolute atomic E-state index is 0.368. The summed E-state index contributed by atoms with van der Waals surface area (Å²) in [6.45, 7) is 3.06. The molecule has 3 atom stereocenters. The smallest absolute Gasteiger partial charge is 0.191 e. The molecule has 2 aliphatic carbocycles. The maximum absolute atomic E-state index is 12.0. The number of nitrogens with one attached hydrogen (secondary N) is 2. The number of hydrogen-bond donors (Lipinski definition) is 2. The van der Waals surface area contributed by atoms with E-state index >= 15 is 0 Å². The summed E-state index contributed by atoms with van der Waals surface area (Å²) in [6.07, 6.45) is 11.3. The Labute approximate surface area is 138 Å². The van der Waals surface area contributed by atoms with Gasteiger partial charge in [0.25, 0.3) is 0 Å². The zero-order chi connectivity index (χ0) is 15.8. The number of nitrogens with zero attached hydrogens (tertiary/aromatic N) is 1. The van der Waals surface area contributed by atoms with E-state index in [0.717, 1.165) is 37.0 Å². The van der Waals surface area contributed by atoms with E-state index in [9.17, 15) is 4.21 Å². The Bertz CT molecular complexity index is 380. The fourth-order valence-electron chi connectivity index (χ4n) is 3.77. The van der Waals surface area contributed by atoms with Crippen LogP contribution in [-0.2, 0) is 10.8 Å². The van der Waals surface area contributed by atoms with Crippen molar-refractivity contribution in [3.63, 3.8) is 0 Å². The summed E-state index contributed by atoms with van der Waals surface area (Å²) >= 11 is 0. The predicted molar refractivity (Wildman–Crippen MR) is 95.8 cm³/mol. The molecule has 3 unspecified atom stereocenters. The van der Waals surface area contributed by atoms with Gasteiger partial charge in [0.1, 0.15) is 0 Å². The first-order valence-electron chi connectivity index (χ1n) is 9.07. The molecular weight excluding hydrogens is 294 g/mol. The lowest BCUT2D eigenvalue weighted by atomic mass is 9.89. The van der Waals surface area contributed by atoms with Gasteiger partial charge in [-0.2, -0.15) is 0 Å². The van der Waals surface area contributed by atoms with Gasteiger partial charge in [-0.15, -0.1) is 0 Å². The summed E-state index contributed by atoms with van der Waals surface area (Å²) in [5.74, 6) is 2.52. The molecule has 2 aliphatic rings. The fraction of sp³-hybridized carbons (Fsp3) is 0.941. The minimum Gasteiger partial charge on any atom is -0.356 e. The van der Waals surface area contributed by atoms with Crippen LogP contribution in [0.2, 0.25) is 0 Å². The maximum atomic E-state index is 12.0. The highest BCUT2D eigenvalue weighted by Crippen LogP contribution is 2.24. The average Bonchev–Trinajstić information content (AvgIpc) is 2.59. The number of guanidine groups is 1. The van der Waals surface area contributed by atoms with Crippen molar-refractivity contribution in [3.05, 3.63) is 0 Å². The molecule has 2 rings (SSSR count). The first kappa shape index (κ1) is 17.8. The zero-order valence-electron chi connectivity index (χ0n) is 14.3. The second-order valence-corrected chi connectivity index (χ2v) is 8.76. The molecule has 22 heavy (non-hydrogen) atoms. The van der Waals surface area contributed by atoms with Crippen LogP contribution in [0.15, 0.2) is 4.99 Å². The lowest BCUT2D eigenvalue weighted by Crippen LogP contribution is -2.47. The van der Waals surface area contributed by atoms with Crippen LogP contribution in [0.25, 0.3) is 0 Å². The van der Waals surface area contributed by atoms with Gasteiger partial charge in [-0.1, -0.05) is 32.6 Å². The average molecular weight is 328 g/mol. The van der Waals surface area contributed by atoms with Crippen LogP contribution in [-0.4, -0.2) is 40.8 Å². The molecule has 0 radical (unpaired) electrons. The van der Waals surface area contributed by atoms with Crippen molar-refractivity contribution in [2.24, 2.45) is 10.9 Å². The summed E-state index contributed by atoms with van der Waals surface area (Å²) in [7, 11) is 1.19. The first-order chi connectivity index (χ1) is 10.7. The third kappa shape index (κ3) is 5.56. The van der Waals surface area contributed by atoms with E-state index in [1.54, 1.807) is 0 Å². The molecule has 5 heteroatoms. The third-order valence-electron chi connectivity index (χ3n) is 5.13. The van der Waals surface area contributed by atoms with Crippen molar-refractivity contribution in [1.29, 1.82) is 0 Å². The van der Waals surface area contributed by atoms with E-state index < -0.39 is 10.8 Å². The standard InChI is InChI=1S/C17H33N3OS/c1-3-22(21)16-11-7-10-15(12-16)20-17(18-2)19-13-14-8-5-4-6-9-14/h14-16H,3-13H2,1-2H3,(H2,18,19,20). The summed E-state index contributed by atoms with van der Waals surface area (Å²) in [4.78, 5) is 4.38. The Morgan fingerprint density at radius 2 is 1.91 bits per heavy atom. The van der Waals surface area contributed by atoms with Gasteiger partial charge in [-0.25, -0.2) is 0 Å². The minimum atomic E-state index is -0.659. The Balaban J connectivity index is 1.75. The van der Waals surface area contributed by atoms with Crippen LogP contribution >= 0.6 is 0 Å². The number of aliphatic imine (C=N–C) groups is 1.